The molecule has 0 saturated heterocycles. The number of benzene rings is 1. The van der Waals surface area contributed by atoms with Crippen LogP contribution < -0.4 is 4.90 Å². The number of para-hydroxylation sites is 1. The molecule has 1 aromatic rings. The Morgan fingerprint density at radius 1 is 1.56 bits per heavy atom. The van der Waals surface area contributed by atoms with Gasteiger partial charge in [0, 0.05) is 13.6 Å². The number of carbonyl (C=O) groups is 1. The lowest BCUT2D eigenvalue weighted by Gasteiger charge is -2.22. The highest BCUT2D eigenvalue weighted by Gasteiger charge is 2.25. The first-order valence-electron chi connectivity index (χ1n) is 5.32. The van der Waals surface area contributed by atoms with Crippen LogP contribution in [0, 0.1) is 5.92 Å². The molecule has 0 atom stereocenters. The van der Waals surface area contributed by atoms with Crippen LogP contribution in [0.4, 0.5) is 5.69 Å². The monoisotopic (exact) mass is 239 g/mol. The minimum Gasteiger partial charge on any atom is -0.478 e. The van der Waals surface area contributed by atoms with Crippen LogP contribution >= 0.6 is 11.6 Å². The molecule has 1 saturated carbocycles. The molecular formula is C12H14ClNO2. The van der Waals surface area contributed by atoms with E-state index in [9.17, 15) is 4.79 Å². The van der Waals surface area contributed by atoms with Gasteiger partial charge in [0.2, 0.25) is 0 Å². The van der Waals surface area contributed by atoms with Crippen LogP contribution in [-0.4, -0.2) is 24.7 Å². The molecule has 0 aromatic heterocycles. The number of rotatable bonds is 4. The third-order valence-corrected chi connectivity index (χ3v) is 3.13. The third kappa shape index (κ3) is 2.30. The molecule has 1 aromatic carbocycles. The summed E-state index contributed by atoms with van der Waals surface area (Å²) < 4.78 is 0. The molecule has 3 nitrogen and oxygen atoms in total. The van der Waals surface area contributed by atoms with Gasteiger partial charge >= 0.3 is 5.97 Å². The van der Waals surface area contributed by atoms with Crippen LogP contribution in [0.1, 0.15) is 23.2 Å². The maximum Gasteiger partial charge on any atom is 0.337 e. The van der Waals surface area contributed by atoms with Crippen molar-refractivity contribution in [3.05, 3.63) is 28.8 Å². The molecule has 1 N–H and O–H groups in total. The minimum atomic E-state index is -0.930. The zero-order valence-electron chi connectivity index (χ0n) is 9.11. The summed E-state index contributed by atoms with van der Waals surface area (Å²) in [6, 6.07) is 4.99. The number of halogens is 1. The summed E-state index contributed by atoms with van der Waals surface area (Å²) in [5, 5.41) is 9.61. The van der Waals surface area contributed by atoms with E-state index in [-0.39, 0.29) is 5.56 Å². The Morgan fingerprint density at radius 3 is 2.81 bits per heavy atom. The fourth-order valence-corrected chi connectivity index (χ4v) is 2.17. The quantitative estimate of drug-likeness (QED) is 0.878. The fourth-order valence-electron chi connectivity index (χ4n) is 1.85. The van der Waals surface area contributed by atoms with Gasteiger partial charge in [-0.2, -0.15) is 0 Å². The lowest BCUT2D eigenvalue weighted by molar-refractivity contribution is 0.0697. The van der Waals surface area contributed by atoms with E-state index < -0.39 is 5.97 Å². The topological polar surface area (TPSA) is 40.5 Å². The Hall–Kier alpha value is -1.22. The third-order valence-electron chi connectivity index (χ3n) is 2.83. The first-order valence-corrected chi connectivity index (χ1v) is 5.70. The predicted molar refractivity (Wildman–Crippen MR) is 64.4 cm³/mol. The molecular weight excluding hydrogens is 226 g/mol. The Kier molecular flexibility index (Phi) is 3.06. The summed E-state index contributed by atoms with van der Waals surface area (Å²) >= 11 is 6.07. The van der Waals surface area contributed by atoms with Crippen LogP contribution in [0.2, 0.25) is 5.02 Å². The molecule has 1 aliphatic carbocycles. The van der Waals surface area contributed by atoms with E-state index in [1.54, 1.807) is 18.2 Å². The molecule has 2 rings (SSSR count). The van der Waals surface area contributed by atoms with E-state index in [4.69, 9.17) is 16.7 Å². The number of nitrogens with zero attached hydrogens (tertiary/aromatic N) is 1. The summed E-state index contributed by atoms with van der Waals surface area (Å²) in [6.45, 7) is 0.879. The molecule has 0 spiro atoms. The molecule has 0 bridgehead atoms. The van der Waals surface area contributed by atoms with Gasteiger partial charge < -0.3 is 10.0 Å². The first kappa shape index (κ1) is 11.3. The molecule has 1 aliphatic rings. The summed E-state index contributed by atoms with van der Waals surface area (Å²) in [7, 11) is 1.89. The van der Waals surface area contributed by atoms with Crippen molar-refractivity contribution in [2.45, 2.75) is 12.8 Å². The second kappa shape index (κ2) is 4.34. The second-order valence-electron chi connectivity index (χ2n) is 4.27. The largest absolute Gasteiger partial charge is 0.478 e. The van der Waals surface area contributed by atoms with Gasteiger partial charge in [-0.05, 0) is 30.9 Å². The van der Waals surface area contributed by atoms with Crippen molar-refractivity contribution >= 4 is 23.3 Å². The standard InChI is InChI=1S/C12H14ClNO2/c1-14(7-8-5-6-8)11-9(12(15)16)3-2-4-10(11)13/h2-4,8H,5-7H2,1H3,(H,15,16). The van der Waals surface area contributed by atoms with Gasteiger partial charge in [-0.1, -0.05) is 17.7 Å². The van der Waals surface area contributed by atoms with Gasteiger partial charge in [-0.15, -0.1) is 0 Å². The number of carboxylic acid groups (broad SMARTS) is 1. The summed E-state index contributed by atoms with van der Waals surface area (Å²) in [6.07, 6.45) is 2.47. The number of aromatic carboxylic acids is 1. The molecule has 0 radical (unpaired) electrons. The van der Waals surface area contributed by atoms with Gasteiger partial charge in [-0.25, -0.2) is 4.79 Å². The summed E-state index contributed by atoms with van der Waals surface area (Å²) in [4.78, 5) is 13.0. The smallest absolute Gasteiger partial charge is 0.337 e. The highest BCUT2D eigenvalue weighted by molar-refractivity contribution is 6.34. The van der Waals surface area contributed by atoms with Crippen LogP contribution in [0.5, 0.6) is 0 Å². The van der Waals surface area contributed by atoms with E-state index in [1.807, 2.05) is 11.9 Å². The number of hydrogen-bond acceptors (Lipinski definition) is 2. The molecule has 0 amide bonds. The molecule has 1 fully saturated rings. The van der Waals surface area contributed by atoms with Crippen molar-refractivity contribution in [2.75, 3.05) is 18.5 Å². The Labute approximate surface area is 99.6 Å². The van der Waals surface area contributed by atoms with Crippen LogP contribution in [0.25, 0.3) is 0 Å². The lowest BCUT2D eigenvalue weighted by atomic mass is 10.1. The molecule has 4 heteroatoms. The number of carboxylic acids is 1. The molecule has 0 heterocycles. The zero-order valence-corrected chi connectivity index (χ0v) is 9.87. The minimum absolute atomic E-state index is 0.274. The van der Waals surface area contributed by atoms with Crippen molar-refractivity contribution in [3.63, 3.8) is 0 Å². The Bertz CT molecular complexity index is 415. The van der Waals surface area contributed by atoms with Gasteiger partial charge in [0.25, 0.3) is 0 Å². The van der Waals surface area contributed by atoms with Crippen LogP contribution in [0.3, 0.4) is 0 Å². The average Bonchev–Trinajstić information content (AvgIpc) is 3.00. The van der Waals surface area contributed by atoms with Gasteiger partial charge in [0.05, 0.1) is 16.3 Å². The van der Waals surface area contributed by atoms with Gasteiger partial charge in [0.15, 0.2) is 0 Å². The lowest BCUT2D eigenvalue weighted by Crippen LogP contribution is -2.22. The highest BCUT2D eigenvalue weighted by atomic mass is 35.5. The van der Waals surface area contributed by atoms with E-state index in [1.165, 1.54) is 12.8 Å². The summed E-state index contributed by atoms with van der Waals surface area (Å²) in [5.41, 5.74) is 0.902. The van der Waals surface area contributed by atoms with Crippen molar-refractivity contribution in [1.82, 2.24) is 0 Å². The molecule has 0 unspecified atom stereocenters. The Morgan fingerprint density at radius 2 is 2.25 bits per heavy atom. The van der Waals surface area contributed by atoms with Crippen LogP contribution in [-0.2, 0) is 0 Å². The van der Waals surface area contributed by atoms with E-state index >= 15 is 0 Å². The van der Waals surface area contributed by atoms with Crippen LogP contribution in [0.15, 0.2) is 18.2 Å². The predicted octanol–water partition coefficient (Wildman–Crippen LogP) is 2.88. The van der Waals surface area contributed by atoms with E-state index in [2.05, 4.69) is 0 Å². The molecule has 0 aliphatic heterocycles. The first-order chi connectivity index (χ1) is 7.59. The Balaban J connectivity index is 2.31. The number of hydrogen-bond donors (Lipinski definition) is 1. The summed E-state index contributed by atoms with van der Waals surface area (Å²) in [5.74, 6) is -0.233. The second-order valence-corrected chi connectivity index (χ2v) is 4.67. The fraction of sp³-hybridized carbons (Fsp3) is 0.417. The normalized spacial score (nSPS) is 14.9. The van der Waals surface area contributed by atoms with Crippen molar-refractivity contribution in [1.29, 1.82) is 0 Å². The van der Waals surface area contributed by atoms with E-state index in [0.717, 1.165) is 6.54 Å². The highest BCUT2D eigenvalue weighted by Crippen LogP contribution is 2.34. The van der Waals surface area contributed by atoms with E-state index in [0.29, 0.717) is 16.6 Å². The maximum atomic E-state index is 11.1. The SMILES string of the molecule is CN(CC1CC1)c1c(Cl)cccc1C(=O)O. The average molecular weight is 240 g/mol. The number of anilines is 1. The van der Waals surface area contributed by atoms with Gasteiger partial charge in [0.1, 0.15) is 0 Å². The van der Waals surface area contributed by atoms with Gasteiger partial charge in [-0.3, -0.25) is 0 Å². The molecule has 16 heavy (non-hydrogen) atoms. The molecule has 86 valence electrons. The maximum absolute atomic E-state index is 11.1. The van der Waals surface area contributed by atoms with Crippen molar-refractivity contribution in [3.8, 4) is 0 Å². The van der Waals surface area contributed by atoms with Crippen molar-refractivity contribution in [2.24, 2.45) is 5.92 Å². The zero-order chi connectivity index (χ0) is 11.7. The van der Waals surface area contributed by atoms with Crippen molar-refractivity contribution < 1.29 is 9.90 Å².